The molecule has 24 heavy (non-hydrogen) atoms. The van der Waals surface area contributed by atoms with E-state index in [1.54, 1.807) is 7.11 Å². The highest BCUT2D eigenvalue weighted by atomic mass is 16.5. The molecule has 1 saturated carbocycles. The minimum atomic E-state index is 0.177. The van der Waals surface area contributed by atoms with Crippen molar-refractivity contribution >= 4 is 0 Å². The van der Waals surface area contributed by atoms with Crippen molar-refractivity contribution in [2.45, 2.75) is 43.9 Å². The molecule has 1 N–H and O–H groups in total. The Bertz CT molecular complexity index is 499. The van der Waals surface area contributed by atoms with Crippen LogP contribution in [0.15, 0.2) is 12.3 Å². The average Bonchev–Trinajstić information content (AvgIpc) is 3.00. The second kappa shape index (κ2) is 8.43. The van der Waals surface area contributed by atoms with Gasteiger partial charge in [0.1, 0.15) is 0 Å². The van der Waals surface area contributed by atoms with Gasteiger partial charge in [0.2, 0.25) is 0 Å². The summed E-state index contributed by atoms with van der Waals surface area (Å²) >= 11 is 0. The summed E-state index contributed by atoms with van der Waals surface area (Å²) in [6.45, 7) is 3.58. The molecule has 0 bridgehead atoms. The molecule has 0 amide bonds. The van der Waals surface area contributed by atoms with Crippen molar-refractivity contribution in [2.75, 3.05) is 40.5 Å². The fraction of sp³-hybridized carbons (Fsp3) is 0.833. The summed E-state index contributed by atoms with van der Waals surface area (Å²) in [6, 6.07) is 2.99. The van der Waals surface area contributed by atoms with E-state index in [1.807, 2.05) is 17.9 Å². The number of likely N-dealkylation sites (N-methyl/N-ethyl adjacent to an activating group) is 1. The molecule has 0 spiro atoms. The van der Waals surface area contributed by atoms with Gasteiger partial charge in [-0.25, -0.2) is 0 Å². The van der Waals surface area contributed by atoms with Gasteiger partial charge in [-0.3, -0.25) is 9.58 Å². The predicted octanol–water partition coefficient (Wildman–Crippen LogP) is 1.59. The fourth-order valence-electron chi connectivity index (χ4n) is 4.17. The van der Waals surface area contributed by atoms with Crippen LogP contribution in [0, 0.1) is 5.92 Å². The molecule has 1 aromatic rings. The first kappa shape index (κ1) is 17.9. The molecule has 1 saturated heterocycles. The van der Waals surface area contributed by atoms with E-state index in [4.69, 9.17) is 9.47 Å². The largest absolute Gasteiger partial charge is 0.384 e. The van der Waals surface area contributed by atoms with Gasteiger partial charge in [-0.2, -0.15) is 5.10 Å². The zero-order valence-corrected chi connectivity index (χ0v) is 15.3. The lowest BCUT2D eigenvalue weighted by Gasteiger charge is -2.40. The third kappa shape index (κ3) is 4.17. The highest BCUT2D eigenvalue weighted by Gasteiger charge is 2.34. The Hall–Kier alpha value is -0.950. The van der Waals surface area contributed by atoms with E-state index >= 15 is 0 Å². The first-order chi connectivity index (χ1) is 11.7. The number of nitrogens with zero attached hydrogens (tertiary/aromatic N) is 3. The van der Waals surface area contributed by atoms with Gasteiger partial charge in [0.05, 0.1) is 24.4 Å². The van der Waals surface area contributed by atoms with Gasteiger partial charge in [0.15, 0.2) is 0 Å². The minimum Gasteiger partial charge on any atom is -0.384 e. The van der Waals surface area contributed by atoms with Crippen LogP contribution in [0.4, 0.5) is 0 Å². The molecule has 1 aromatic heterocycles. The van der Waals surface area contributed by atoms with Crippen LogP contribution in [0.3, 0.4) is 0 Å². The number of methoxy groups -OCH3 is 1. The summed E-state index contributed by atoms with van der Waals surface area (Å²) in [7, 11) is 6.00. The predicted molar refractivity (Wildman–Crippen MR) is 93.9 cm³/mol. The van der Waals surface area contributed by atoms with Gasteiger partial charge in [-0.15, -0.1) is 0 Å². The molecule has 0 unspecified atom stereocenters. The first-order valence-electron chi connectivity index (χ1n) is 9.21. The second-order valence-corrected chi connectivity index (χ2v) is 7.30. The van der Waals surface area contributed by atoms with Crippen LogP contribution in [0.25, 0.3) is 0 Å². The Morgan fingerprint density at radius 3 is 2.75 bits per heavy atom. The summed E-state index contributed by atoms with van der Waals surface area (Å²) in [6.07, 6.45) is 7.07. The summed E-state index contributed by atoms with van der Waals surface area (Å²) in [5.41, 5.74) is 1.23. The van der Waals surface area contributed by atoms with Gasteiger partial charge in [0.25, 0.3) is 0 Å². The van der Waals surface area contributed by atoms with Crippen LogP contribution in [-0.2, 0) is 16.5 Å². The van der Waals surface area contributed by atoms with Crippen LogP contribution >= 0.6 is 0 Å². The molecule has 2 fully saturated rings. The molecule has 0 aromatic carbocycles. The summed E-state index contributed by atoms with van der Waals surface area (Å²) < 4.78 is 13.4. The molecule has 2 aliphatic rings. The van der Waals surface area contributed by atoms with Gasteiger partial charge in [-0.1, -0.05) is 0 Å². The van der Waals surface area contributed by atoms with Crippen LogP contribution in [0.5, 0.6) is 0 Å². The maximum absolute atomic E-state index is 6.13. The highest BCUT2D eigenvalue weighted by Crippen LogP contribution is 2.29. The fourth-order valence-corrected chi connectivity index (χ4v) is 4.17. The maximum Gasteiger partial charge on any atom is 0.0911 e. The third-order valence-electron chi connectivity index (χ3n) is 5.62. The molecule has 1 aliphatic heterocycles. The van der Waals surface area contributed by atoms with Crippen LogP contribution in [0.2, 0.25) is 0 Å². The third-order valence-corrected chi connectivity index (χ3v) is 5.62. The molecular weight excluding hydrogens is 304 g/mol. The van der Waals surface area contributed by atoms with Gasteiger partial charge in [-0.05, 0) is 44.7 Å². The Kier molecular flexibility index (Phi) is 6.27. The quantitative estimate of drug-likeness (QED) is 0.855. The number of rotatable bonds is 6. The maximum atomic E-state index is 6.13. The van der Waals surface area contributed by atoms with Crippen molar-refractivity contribution in [3.05, 3.63) is 18.0 Å². The Morgan fingerprint density at radius 1 is 1.29 bits per heavy atom. The first-order valence-corrected chi connectivity index (χ1v) is 9.21. The molecule has 1 aliphatic carbocycles. The summed E-state index contributed by atoms with van der Waals surface area (Å²) in [5, 5.41) is 8.10. The number of nitrogens with one attached hydrogen (secondary N) is 1. The Labute approximate surface area is 145 Å². The van der Waals surface area contributed by atoms with E-state index in [1.165, 1.54) is 31.4 Å². The zero-order chi connectivity index (χ0) is 16.9. The van der Waals surface area contributed by atoms with E-state index in [-0.39, 0.29) is 12.1 Å². The number of aromatic nitrogens is 2. The van der Waals surface area contributed by atoms with Crippen LogP contribution < -0.4 is 5.32 Å². The van der Waals surface area contributed by atoms with Crippen molar-refractivity contribution in [3.63, 3.8) is 0 Å². The lowest BCUT2D eigenvalue weighted by atomic mass is 9.86. The number of hydrogen-bond donors (Lipinski definition) is 1. The topological polar surface area (TPSA) is 51.5 Å². The summed E-state index contributed by atoms with van der Waals surface area (Å²) in [5.74, 6) is 0.743. The molecular formula is C18H32N4O2. The van der Waals surface area contributed by atoms with Crippen molar-refractivity contribution in [3.8, 4) is 0 Å². The SMILES string of the molecule is COCC1CCC(NC[C@@H]2OCCN(C)[C@H]2c2ccnn2C)CC1. The van der Waals surface area contributed by atoms with E-state index in [0.29, 0.717) is 6.04 Å². The van der Waals surface area contributed by atoms with Crippen LogP contribution in [-0.4, -0.2) is 67.3 Å². The molecule has 6 nitrogen and oxygen atoms in total. The van der Waals surface area contributed by atoms with Crippen molar-refractivity contribution in [1.82, 2.24) is 20.0 Å². The van der Waals surface area contributed by atoms with Crippen LogP contribution in [0.1, 0.15) is 37.4 Å². The van der Waals surface area contributed by atoms with Crippen molar-refractivity contribution in [1.29, 1.82) is 0 Å². The molecule has 0 radical (unpaired) electrons. The van der Waals surface area contributed by atoms with Gasteiger partial charge >= 0.3 is 0 Å². The smallest absolute Gasteiger partial charge is 0.0911 e. The van der Waals surface area contributed by atoms with Crippen molar-refractivity contribution in [2.24, 2.45) is 13.0 Å². The average molecular weight is 336 g/mol. The van der Waals surface area contributed by atoms with E-state index in [2.05, 4.69) is 28.4 Å². The number of hydrogen-bond acceptors (Lipinski definition) is 5. The van der Waals surface area contributed by atoms with Gasteiger partial charge in [0, 0.05) is 46.1 Å². The minimum absolute atomic E-state index is 0.177. The molecule has 2 heterocycles. The number of aryl methyl sites for hydroxylation is 1. The van der Waals surface area contributed by atoms with E-state index < -0.39 is 0 Å². The molecule has 3 rings (SSSR count). The Morgan fingerprint density at radius 2 is 2.08 bits per heavy atom. The van der Waals surface area contributed by atoms with E-state index in [0.717, 1.165) is 32.2 Å². The van der Waals surface area contributed by atoms with Gasteiger partial charge < -0.3 is 14.8 Å². The normalized spacial score (nSPS) is 32.1. The summed E-state index contributed by atoms with van der Waals surface area (Å²) in [4.78, 5) is 2.39. The molecule has 2 atom stereocenters. The zero-order valence-electron chi connectivity index (χ0n) is 15.3. The molecule has 136 valence electrons. The Balaban J connectivity index is 1.54. The number of ether oxygens (including phenoxy) is 2. The van der Waals surface area contributed by atoms with E-state index in [9.17, 15) is 0 Å². The highest BCUT2D eigenvalue weighted by molar-refractivity contribution is 5.10. The monoisotopic (exact) mass is 336 g/mol. The lowest BCUT2D eigenvalue weighted by Crippen LogP contribution is -2.49. The second-order valence-electron chi connectivity index (χ2n) is 7.30. The lowest BCUT2D eigenvalue weighted by molar-refractivity contribution is -0.0652. The number of morpholine rings is 1. The standard InChI is InChI=1S/C18H32N4O2/c1-21-10-11-24-17(18(21)16-8-9-20-22(16)2)12-19-15-6-4-14(5-7-15)13-23-3/h8-9,14-15,17-19H,4-7,10-13H2,1-3H3/t14?,15?,17-,18-/m0/s1. The molecule has 6 heteroatoms. The van der Waals surface area contributed by atoms with Crippen molar-refractivity contribution < 1.29 is 9.47 Å².